The zero-order chi connectivity index (χ0) is 22.4. The quantitative estimate of drug-likeness (QED) is 0.534. The first-order valence-electron chi connectivity index (χ1n) is 10.9. The molecule has 3 aromatic heterocycles. The van der Waals surface area contributed by atoms with E-state index >= 15 is 0 Å². The molecule has 3 aromatic rings. The summed E-state index contributed by atoms with van der Waals surface area (Å²) in [5, 5.41) is 0. The number of nitrogens with zero attached hydrogens (tertiary/aromatic N) is 5. The van der Waals surface area contributed by atoms with E-state index in [1.165, 1.54) is 11.5 Å². The molecule has 0 N–H and O–H groups in total. The Labute approximate surface area is 183 Å². The second-order valence-electron chi connectivity index (χ2n) is 8.73. The maximum atomic E-state index is 4.22. The maximum absolute atomic E-state index is 4.22. The van der Waals surface area contributed by atoms with Crippen LogP contribution in [0.3, 0.4) is 0 Å². The van der Waals surface area contributed by atoms with Crippen molar-refractivity contribution >= 4 is 0 Å². The van der Waals surface area contributed by atoms with E-state index in [-0.39, 0.29) is 0 Å². The smallest absolute Gasteiger partial charge is 0.128 e. The van der Waals surface area contributed by atoms with Crippen LogP contribution < -0.4 is 0 Å². The van der Waals surface area contributed by atoms with Gasteiger partial charge < -0.3 is 4.57 Å². The molecule has 0 aliphatic heterocycles. The van der Waals surface area contributed by atoms with Crippen molar-refractivity contribution in [2.75, 3.05) is 0 Å². The molecule has 0 fully saturated rings. The molecule has 0 spiro atoms. The summed E-state index contributed by atoms with van der Waals surface area (Å²) in [7, 11) is 2.03. The number of pyridine rings is 1. The van der Waals surface area contributed by atoms with Crippen LogP contribution in [0.5, 0.6) is 0 Å². The third-order valence-corrected chi connectivity index (χ3v) is 4.07. The van der Waals surface area contributed by atoms with Gasteiger partial charge in [0.15, 0.2) is 0 Å². The Kier molecular flexibility index (Phi) is 12.3. The summed E-state index contributed by atoms with van der Waals surface area (Å²) in [6.07, 6.45) is 12.4. The van der Waals surface area contributed by atoms with Gasteiger partial charge in [-0.3, -0.25) is 4.98 Å². The van der Waals surface area contributed by atoms with Crippen LogP contribution in [0.1, 0.15) is 58.9 Å². The standard InChI is InChI=1S/C9H13N.C8H14N2.C8H12N2/c1-8(2)7-9-5-3-4-6-10-9;1-7(2)6-8-9-4-5-10(8)3;1-7(2)6-8-9-4-3-5-10-8/h3-6,8H,7H2,1-2H3;4-5,7H,6H2,1-3H3;3-5,7H,6H2,1-2H3. The summed E-state index contributed by atoms with van der Waals surface area (Å²) in [4.78, 5) is 16.7. The summed E-state index contributed by atoms with van der Waals surface area (Å²) < 4.78 is 2.07. The van der Waals surface area contributed by atoms with Crippen LogP contribution in [-0.4, -0.2) is 24.5 Å². The maximum Gasteiger partial charge on any atom is 0.128 e. The molecule has 0 aromatic carbocycles. The van der Waals surface area contributed by atoms with E-state index < -0.39 is 0 Å². The number of imidazole rings is 1. The minimum absolute atomic E-state index is 0.641. The molecule has 0 unspecified atom stereocenters. The number of rotatable bonds is 6. The highest BCUT2D eigenvalue weighted by Gasteiger charge is 2.00. The van der Waals surface area contributed by atoms with E-state index in [1.54, 1.807) is 12.4 Å². The normalized spacial score (nSPS) is 10.5. The highest BCUT2D eigenvalue weighted by Crippen LogP contribution is 2.04. The molecule has 30 heavy (non-hydrogen) atoms. The second kappa shape index (κ2) is 14.4. The van der Waals surface area contributed by atoms with E-state index in [2.05, 4.69) is 72.1 Å². The van der Waals surface area contributed by atoms with Crippen LogP contribution in [-0.2, 0) is 26.3 Å². The van der Waals surface area contributed by atoms with Crippen LogP contribution in [0.4, 0.5) is 0 Å². The van der Waals surface area contributed by atoms with Gasteiger partial charge in [-0.1, -0.05) is 47.6 Å². The lowest BCUT2D eigenvalue weighted by molar-refractivity contribution is 0.602. The summed E-state index contributed by atoms with van der Waals surface area (Å²) >= 11 is 0. The van der Waals surface area contributed by atoms with Crippen LogP contribution in [0.25, 0.3) is 0 Å². The topological polar surface area (TPSA) is 56.5 Å². The minimum Gasteiger partial charge on any atom is -0.338 e. The van der Waals surface area contributed by atoms with Crippen molar-refractivity contribution in [2.24, 2.45) is 24.8 Å². The van der Waals surface area contributed by atoms with Crippen LogP contribution >= 0.6 is 0 Å². The van der Waals surface area contributed by atoms with Crippen molar-refractivity contribution in [1.82, 2.24) is 24.5 Å². The Morgan fingerprint density at radius 2 is 1.27 bits per heavy atom. The van der Waals surface area contributed by atoms with Gasteiger partial charge in [-0.15, -0.1) is 0 Å². The van der Waals surface area contributed by atoms with Crippen molar-refractivity contribution in [3.63, 3.8) is 0 Å². The van der Waals surface area contributed by atoms with Crippen molar-refractivity contribution < 1.29 is 0 Å². The average Bonchev–Trinajstić information content (AvgIpc) is 3.07. The molecule has 0 saturated carbocycles. The zero-order valence-electron chi connectivity index (χ0n) is 19.8. The lowest BCUT2D eigenvalue weighted by Gasteiger charge is -2.03. The number of aryl methyl sites for hydroxylation is 1. The van der Waals surface area contributed by atoms with Crippen LogP contribution in [0, 0.1) is 17.8 Å². The van der Waals surface area contributed by atoms with Crippen molar-refractivity contribution in [2.45, 2.75) is 60.8 Å². The van der Waals surface area contributed by atoms with Crippen molar-refractivity contribution in [3.8, 4) is 0 Å². The molecular weight excluding hydrogens is 370 g/mol. The second-order valence-corrected chi connectivity index (χ2v) is 8.73. The van der Waals surface area contributed by atoms with Gasteiger partial charge in [0, 0.05) is 56.6 Å². The van der Waals surface area contributed by atoms with Crippen LogP contribution in [0.2, 0.25) is 0 Å². The molecule has 0 saturated heterocycles. The van der Waals surface area contributed by atoms with E-state index in [4.69, 9.17) is 0 Å². The predicted octanol–water partition coefficient (Wildman–Crippen LogP) is 5.57. The molecule has 0 atom stereocenters. The van der Waals surface area contributed by atoms with E-state index in [0.29, 0.717) is 17.8 Å². The fourth-order valence-corrected chi connectivity index (χ4v) is 2.70. The van der Waals surface area contributed by atoms with Gasteiger partial charge in [-0.05, 0) is 42.4 Å². The van der Waals surface area contributed by atoms with Gasteiger partial charge in [-0.2, -0.15) is 0 Å². The van der Waals surface area contributed by atoms with Crippen LogP contribution in [0.15, 0.2) is 55.2 Å². The molecule has 164 valence electrons. The van der Waals surface area contributed by atoms with Gasteiger partial charge in [0.2, 0.25) is 0 Å². The molecule has 0 aliphatic rings. The molecule has 3 heterocycles. The van der Waals surface area contributed by atoms with Gasteiger partial charge in [0.1, 0.15) is 11.6 Å². The molecule has 5 heteroatoms. The summed E-state index contributed by atoms with van der Waals surface area (Å²) in [5.74, 6) is 4.16. The molecule has 0 amide bonds. The van der Waals surface area contributed by atoms with E-state index in [9.17, 15) is 0 Å². The Morgan fingerprint density at radius 1 is 0.667 bits per heavy atom. The SMILES string of the molecule is CC(C)Cc1ccccn1.CC(C)Cc1ncccn1.CC(C)Cc1nccn1C. The van der Waals surface area contributed by atoms with Gasteiger partial charge in [0.05, 0.1) is 0 Å². The summed E-state index contributed by atoms with van der Waals surface area (Å²) in [5.41, 5.74) is 1.19. The number of aromatic nitrogens is 5. The monoisotopic (exact) mass is 409 g/mol. The summed E-state index contributed by atoms with van der Waals surface area (Å²) in [6.45, 7) is 13.1. The Hall–Kier alpha value is -2.56. The fourth-order valence-electron chi connectivity index (χ4n) is 2.70. The van der Waals surface area contributed by atoms with E-state index in [0.717, 1.165) is 25.1 Å². The average molecular weight is 410 g/mol. The largest absolute Gasteiger partial charge is 0.338 e. The summed E-state index contributed by atoms with van der Waals surface area (Å²) in [6, 6.07) is 7.89. The molecule has 3 rings (SSSR count). The zero-order valence-corrected chi connectivity index (χ0v) is 19.8. The predicted molar refractivity (Wildman–Crippen MR) is 125 cm³/mol. The molecule has 0 radical (unpaired) electrons. The number of hydrogen-bond acceptors (Lipinski definition) is 4. The third kappa shape index (κ3) is 12.1. The molecule has 5 nitrogen and oxygen atoms in total. The Balaban J connectivity index is 0.000000225. The van der Waals surface area contributed by atoms with Gasteiger partial charge in [0.25, 0.3) is 0 Å². The number of hydrogen-bond donors (Lipinski definition) is 0. The molecular formula is C25H39N5. The van der Waals surface area contributed by atoms with Gasteiger partial charge in [-0.25, -0.2) is 15.0 Å². The minimum atomic E-state index is 0.641. The first kappa shape index (κ1) is 25.5. The third-order valence-electron chi connectivity index (χ3n) is 4.07. The van der Waals surface area contributed by atoms with Crippen molar-refractivity contribution in [3.05, 3.63) is 72.6 Å². The lowest BCUT2D eigenvalue weighted by Crippen LogP contribution is -2.01. The highest BCUT2D eigenvalue weighted by molar-refractivity contribution is 5.03. The Morgan fingerprint density at radius 3 is 1.73 bits per heavy atom. The van der Waals surface area contributed by atoms with E-state index in [1.807, 2.05) is 43.8 Å². The highest BCUT2D eigenvalue weighted by atomic mass is 15.0. The molecule has 0 aliphatic carbocycles. The Bertz CT molecular complexity index is 734. The van der Waals surface area contributed by atoms with Crippen molar-refractivity contribution in [1.29, 1.82) is 0 Å². The lowest BCUT2D eigenvalue weighted by atomic mass is 10.1. The fraction of sp³-hybridized carbons (Fsp3) is 0.520. The first-order chi connectivity index (χ1) is 14.3. The molecule has 0 bridgehead atoms. The first-order valence-corrected chi connectivity index (χ1v) is 10.9. The van der Waals surface area contributed by atoms with Gasteiger partial charge >= 0.3 is 0 Å².